The first-order valence-corrected chi connectivity index (χ1v) is 5.45. The van der Waals surface area contributed by atoms with Crippen molar-refractivity contribution in [1.82, 2.24) is 15.3 Å². The lowest BCUT2D eigenvalue weighted by Crippen LogP contribution is -2.16. The van der Waals surface area contributed by atoms with E-state index >= 15 is 0 Å². The van der Waals surface area contributed by atoms with Crippen molar-refractivity contribution in [2.24, 2.45) is 0 Å². The highest BCUT2D eigenvalue weighted by Gasteiger charge is 2.08. The van der Waals surface area contributed by atoms with Crippen LogP contribution in [0.1, 0.15) is 38.1 Å². The van der Waals surface area contributed by atoms with Crippen LogP contribution in [0.4, 0.5) is 5.82 Å². The van der Waals surface area contributed by atoms with Crippen molar-refractivity contribution < 1.29 is 4.79 Å². The Labute approximate surface area is 95.7 Å². The minimum absolute atomic E-state index is 0.332. The quantitative estimate of drug-likeness (QED) is 0.711. The number of amides is 1. The van der Waals surface area contributed by atoms with Gasteiger partial charge in [0.25, 0.3) is 0 Å². The number of nitrogens with one attached hydrogen (secondary N) is 2. The van der Waals surface area contributed by atoms with Gasteiger partial charge in [-0.05, 0) is 12.5 Å². The Morgan fingerprint density at radius 1 is 1.50 bits per heavy atom. The molecular weight excluding hydrogens is 204 g/mol. The Morgan fingerprint density at radius 3 is 2.81 bits per heavy atom. The highest BCUT2D eigenvalue weighted by Crippen LogP contribution is 2.15. The molecular formula is C11H18N4O. The summed E-state index contributed by atoms with van der Waals surface area (Å²) in [5, 5.41) is 5.73. The fourth-order valence-corrected chi connectivity index (χ4v) is 1.26. The first-order chi connectivity index (χ1) is 7.69. The van der Waals surface area contributed by atoms with Crippen molar-refractivity contribution in [1.29, 1.82) is 0 Å². The third-order valence-electron chi connectivity index (χ3n) is 2.19. The number of aromatic nitrogens is 2. The predicted octanol–water partition coefficient (Wildman–Crippen LogP) is 1.28. The zero-order valence-corrected chi connectivity index (χ0v) is 9.95. The molecule has 1 aromatic rings. The summed E-state index contributed by atoms with van der Waals surface area (Å²) in [4.78, 5) is 19.1. The lowest BCUT2D eigenvalue weighted by Gasteiger charge is -2.10. The zero-order chi connectivity index (χ0) is 12.0. The van der Waals surface area contributed by atoms with Gasteiger partial charge in [0, 0.05) is 6.54 Å². The molecule has 0 aliphatic rings. The SMILES string of the molecule is CCNCc1nc(C(C)C)cnc1NC=O. The Morgan fingerprint density at radius 2 is 2.25 bits per heavy atom. The first kappa shape index (κ1) is 12.6. The summed E-state index contributed by atoms with van der Waals surface area (Å²) in [7, 11) is 0. The summed E-state index contributed by atoms with van der Waals surface area (Å²) in [5.74, 6) is 0.860. The van der Waals surface area contributed by atoms with Crippen molar-refractivity contribution in [3.63, 3.8) is 0 Å². The van der Waals surface area contributed by atoms with E-state index < -0.39 is 0 Å². The molecule has 0 aliphatic carbocycles. The Kier molecular flexibility index (Phi) is 4.85. The number of anilines is 1. The van der Waals surface area contributed by atoms with Gasteiger partial charge >= 0.3 is 0 Å². The van der Waals surface area contributed by atoms with E-state index in [0.29, 0.717) is 24.7 Å². The molecule has 0 fully saturated rings. The van der Waals surface area contributed by atoms with Crippen LogP contribution in [0.3, 0.4) is 0 Å². The summed E-state index contributed by atoms with van der Waals surface area (Å²) >= 11 is 0. The Bertz CT molecular complexity index is 352. The van der Waals surface area contributed by atoms with Gasteiger partial charge in [0.1, 0.15) is 0 Å². The Balaban J connectivity index is 2.95. The second kappa shape index (κ2) is 6.17. The lowest BCUT2D eigenvalue weighted by molar-refractivity contribution is -0.105. The monoisotopic (exact) mass is 222 g/mol. The predicted molar refractivity (Wildman–Crippen MR) is 63.2 cm³/mol. The molecule has 0 saturated heterocycles. The zero-order valence-electron chi connectivity index (χ0n) is 9.95. The van der Waals surface area contributed by atoms with Crippen LogP contribution >= 0.6 is 0 Å². The number of hydrogen-bond acceptors (Lipinski definition) is 4. The van der Waals surface area contributed by atoms with Crippen LogP contribution in [-0.4, -0.2) is 22.9 Å². The maximum absolute atomic E-state index is 10.4. The molecule has 1 amide bonds. The van der Waals surface area contributed by atoms with E-state index in [1.54, 1.807) is 6.20 Å². The van der Waals surface area contributed by atoms with E-state index in [4.69, 9.17) is 0 Å². The minimum Gasteiger partial charge on any atom is -0.312 e. The highest BCUT2D eigenvalue weighted by atomic mass is 16.1. The van der Waals surface area contributed by atoms with Crippen molar-refractivity contribution in [2.75, 3.05) is 11.9 Å². The molecule has 5 heteroatoms. The van der Waals surface area contributed by atoms with Gasteiger partial charge in [-0.1, -0.05) is 20.8 Å². The maximum Gasteiger partial charge on any atom is 0.212 e. The van der Waals surface area contributed by atoms with Crippen LogP contribution in [0.25, 0.3) is 0 Å². The third-order valence-corrected chi connectivity index (χ3v) is 2.19. The minimum atomic E-state index is 0.332. The van der Waals surface area contributed by atoms with E-state index in [9.17, 15) is 4.79 Å². The van der Waals surface area contributed by atoms with E-state index in [0.717, 1.165) is 17.9 Å². The number of carbonyl (C=O) groups is 1. The molecule has 1 aromatic heterocycles. The number of carbonyl (C=O) groups excluding carboxylic acids is 1. The molecule has 0 saturated carbocycles. The summed E-state index contributed by atoms with van der Waals surface area (Å²) in [5.41, 5.74) is 1.71. The number of nitrogens with zero attached hydrogens (tertiary/aromatic N) is 2. The molecule has 0 aromatic carbocycles. The van der Waals surface area contributed by atoms with Crippen molar-refractivity contribution in [3.05, 3.63) is 17.6 Å². The molecule has 1 heterocycles. The van der Waals surface area contributed by atoms with Crippen LogP contribution in [0.15, 0.2) is 6.20 Å². The molecule has 0 aliphatic heterocycles. The largest absolute Gasteiger partial charge is 0.312 e. The molecule has 88 valence electrons. The van der Waals surface area contributed by atoms with E-state index in [2.05, 4.69) is 34.4 Å². The van der Waals surface area contributed by atoms with E-state index in [1.807, 2.05) is 6.92 Å². The van der Waals surface area contributed by atoms with Crippen LogP contribution in [-0.2, 0) is 11.3 Å². The van der Waals surface area contributed by atoms with Crippen molar-refractivity contribution in [3.8, 4) is 0 Å². The molecule has 0 radical (unpaired) electrons. The fraction of sp³-hybridized carbons (Fsp3) is 0.545. The molecule has 16 heavy (non-hydrogen) atoms. The van der Waals surface area contributed by atoms with E-state index in [-0.39, 0.29) is 0 Å². The fourth-order valence-electron chi connectivity index (χ4n) is 1.26. The lowest BCUT2D eigenvalue weighted by atomic mass is 10.1. The smallest absolute Gasteiger partial charge is 0.212 e. The van der Waals surface area contributed by atoms with Gasteiger partial charge in [-0.15, -0.1) is 0 Å². The molecule has 0 spiro atoms. The number of hydrogen-bond donors (Lipinski definition) is 2. The van der Waals surface area contributed by atoms with Gasteiger partial charge in [0.15, 0.2) is 5.82 Å². The van der Waals surface area contributed by atoms with Gasteiger partial charge in [0.05, 0.1) is 17.6 Å². The van der Waals surface area contributed by atoms with Crippen LogP contribution < -0.4 is 10.6 Å². The molecule has 1 rings (SSSR count). The van der Waals surface area contributed by atoms with Crippen LogP contribution in [0.2, 0.25) is 0 Å². The van der Waals surface area contributed by atoms with Gasteiger partial charge in [-0.25, -0.2) is 4.98 Å². The Hall–Kier alpha value is -1.49. The molecule has 0 atom stereocenters. The molecule has 2 N–H and O–H groups in total. The van der Waals surface area contributed by atoms with Gasteiger partial charge < -0.3 is 10.6 Å². The highest BCUT2D eigenvalue weighted by molar-refractivity contribution is 5.69. The first-order valence-electron chi connectivity index (χ1n) is 5.45. The van der Waals surface area contributed by atoms with Gasteiger partial charge in [-0.2, -0.15) is 0 Å². The summed E-state index contributed by atoms with van der Waals surface area (Å²) in [6.45, 7) is 7.61. The van der Waals surface area contributed by atoms with Crippen molar-refractivity contribution in [2.45, 2.75) is 33.2 Å². The molecule has 0 bridgehead atoms. The third kappa shape index (κ3) is 3.27. The average molecular weight is 222 g/mol. The van der Waals surface area contributed by atoms with Gasteiger partial charge in [0.2, 0.25) is 6.41 Å². The maximum atomic E-state index is 10.4. The second-order valence-corrected chi connectivity index (χ2v) is 3.79. The standard InChI is InChI=1S/C11H18N4O/c1-4-12-5-10-11(14-7-16)13-6-9(15-10)8(2)3/h6-8,12H,4-5H2,1-3H3,(H,13,14,16). The van der Waals surface area contributed by atoms with E-state index in [1.165, 1.54) is 0 Å². The topological polar surface area (TPSA) is 66.9 Å². The van der Waals surface area contributed by atoms with Crippen LogP contribution in [0.5, 0.6) is 0 Å². The molecule has 0 unspecified atom stereocenters. The average Bonchev–Trinajstić information content (AvgIpc) is 2.27. The summed E-state index contributed by atoms with van der Waals surface area (Å²) in [6.07, 6.45) is 2.32. The summed E-state index contributed by atoms with van der Waals surface area (Å²) in [6, 6.07) is 0. The van der Waals surface area contributed by atoms with Gasteiger partial charge in [-0.3, -0.25) is 9.78 Å². The second-order valence-electron chi connectivity index (χ2n) is 3.79. The number of rotatable bonds is 6. The summed E-state index contributed by atoms with van der Waals surface area (Å²) < 4.78 is 0. The molecule has 5 nitrogen and oxygen atoms in total. The van der Waals surface area contributed by atoms with Crippen molar-refractivity contribution >= 4 is 12.2 Å². The normalized spacial score (nSPS) is 10.5. The van der Waals surface area contributed by atoms with Crippen LogP contribution in [0, 0.1) is 0 Å².